The van der Waals surface area contributed by atoms with Crippen molar-refractivity contribution in [2.24, 2.45) is 0 Å². The summed E-state index contributed by atoms with van der Waals surface area (Å²) in [6.45, 7) is 3.96. The van der Waals surface area contributed by atoms with Gasteiger partial charge in [-0.15, -0.1) is 0 Å². The SMILES string of the molecule is CC=COCCC[N+](C)(C)C.[Cl-]. The van der Waals surface area contributed by atoms with Crippen molar-refractivity contribution in [3.8, 4) is 0 Å². The molecule has 0 aromatic heterocycles. The fraction of sp³-hybridized carbons (Fsp3) is 0.778. The summed E-state index contributed by atoms with van der Waals surface area (Å²) in [5.41, 5.74) is 0. The fourth-order valence-electron chi connectivity index (χ4n) is 0.786. The quantitative estimate of drug-likeness (QED) is 0.298. The van der Waals surface area contributed by atoms with Gasteiger partial charge < -0.3 is 21.6 Å². The van der Waals surface area contributed by atoms with E-state index in [-0.39, 0.29) is 12.4 Å². The highest BCUT2D eigenvalue weighted by molar-refractivity contribution is 4.64. The van der Waals surface area contributed by atoms with E-state index in [0.29, 0.717) is 0 Å². The van der Waals surface area contributed by atoms with Gasteiger partial charge in [-0.1, -0.05) is 6.08 Å². The lowest BCUT2D eigenvalue weighted by Gasteiger charge is -2.23. The van der Waals surface area contributed by atoms with Gasteiger partial charge in [0.2, 0.25) is 0 Å². The van der Waals surface area contributed by atoms with E-state index in [1.165, 1.54) is 0 Å². The lowest BCUT2D eigenvalue weighted by atomic mass is 10.4. The molecule has 0 aliphatic carbocycles. The third kappa shape index (κ3) is 12.5. The van der Waals surface area contributed by atoms with Crippen molar-refractivity contribution in [3.05, 3.63) is 12.3 Å². The van der Waals surface area contributed by atoms with Crippen molar-refractivity contribution in [2.75, 3.05) is 34.3 Å². The number of quaternary nitrogens is 1. The summed E-state index contributed by atoms with van der Waals surface area (Å²) in [5.74, 6) is 0. The average molecular weight is 194 g/mol. The van der Waals surface area contributed by atoms with Crippen molar-refractivity contribution in [3.63, 3.8) is 0 Å². The highest BCUT2D eigenvalue weighted by atomic mass is 35.5. The van der Waals surface area contributed by atoms with Crippen LogP contribution >= 0.6 is 0 Å². The number of hydrogen-bond acceptors (Lipinski definition) is 1. The Kier molecular flexibility index (Phi) is 8.88. The zero-order chi connectivity index (χ0) is 8.74. The Balaban J connectivity index is 0. The van der Waals surface area contributed by atoms with Crippen LogP contribution in [0.25, 0.3) is 0 Å². The first-order valence-electron chi connectivity index (χ1n) is 4.09. The van der Waals surface area contributed by atoms with Crippen LogP contribution in [0.1, 0.15) is 13.3 Å². The maximum Gasteiger partial charge on any atom is 0.0926 e. The molecule has 0 radical (unpaired) electrons. The third-order valence-corrected chi connectivity index (χ3v) is 1.32. The molecule has 3 heteroatoms. The van der Waals surface area contributed by atoms with Gasteiger partial charge in [0.15, 0.2) is 0 Å². The first-order valence-corrected chi connectivity index (χ1v) is 4.09. The van der Waals surface area contributed by atoms with Gasteiger partial charge in [-0.2, -0.15) is 0 Å². The van der Waals surface area contributed by atoms with Crippen LogP contribution < -0.4 is 12.4 Å². The van der Waals surface area contributed by atoms with Crippen LogP contribution in [-0.4, -0.2) is 38.8 Å². The van der Waals surface area contributed by atoms with Crippen LogP contribution in [0.4, 0.5) is 0 Å². The summed E-state index contributed by atoms with van der Waals surface area (Å²) in [7, 11) is 6.57. The minimum Gasteiger partial charge on any atom is -1.00 e. The zero-order valence-corrected chi connectivity index (χ0v) is 9.27. The molecular weight excluding hydrogens is 174 g/mol. The average Bonchev–Trinajstić information content (AvgIpc) is 1.85. The molecule has 0 aliphatic heterocycles. The molecule has 0 spiro atoms. The number of hydrogen-bond donors (Lipinski definition) is 0. The predicted octanol–water partition coefficient (Wildman–Crippen LogP) is -1.36. The summed E-state index contributed by atoms with van der Waals surface area (Å²) < 4.78 is 6.20. The molecular formula is C9H20ClNO. The van der Waals surface area contributed by atoms with Gasteiger partial charge in [0.05, 0.1) is 40.6 Å². The highest BCUT2D eigenvalue weighted by Gasteiger charge is 2.04. The molecule has 0 saturated heterocycles. The molecule has 0 unspecified atom stereocenters. The summed E-state index contributed by atoms with van der Waals surface area (Å²) in [5, 5.41) is 0. The van der Waals surface area contributed by atoms with Gasteiger partial charge in [0.25, 0.3) is 0 Å². The van der Waals surface area contributed by atoms with E-state index in [4.69, 9.17) is 4.74 Å². The monoisotopic (exact) mass is 193 g/mol. The second-order valence-corrected chi connectivity index (χ2v) is 3.71. The number of nitrogens with zero attached hydrogens (tertiary/aromatic N) is 1. The third-order valence-electron chi connectivity index (χ3n) is 1.32. The second-order valence-electron chi connectivity index (χ2n) is 3.71. The Morgan fingerprint density at radius 2 is 1.83 bits per heavy atom. The molecule has 12 heavy (non-hydrogen) atoms. The fourth-order valence-corrected chi connectivity index (χ4v) is 0.786. The molecule has 0 amide bonds. The molecule has 0 fully saturated rings. The van der Waals surface area contributed by atoms with E-state index in [2.05, 4.69) is 21.1 Å². The van der Waals surface area contributed by atoms with E-state index < -0.39 is 0 Å². The Morgan fingerprint density at radius 3 is 2.25 bits per heavy atom. The summed E-state index contributed by atoms with van der Waals surface area (Å²) in [6, 6.07) is 0. The van der Waals surface area contributed by atoms with E-state index >= 15 is 0 Å². The van der Waals surface area contributed by atoms with E-state index in [9.17, 15) is 0 Å². The first kappa shape index (κ1) is 14.3. The summed E-state index contributed by atoms with van der Waals surface area (Å²) in [6.07, 6.45) is 4.77. The molecule has 0 atom stereocenters. The van der Waals surface area contributed by atoms with Crippen molar-refractivity contribution in [1.29, 1.82) is 0 Å². The second kappa shape index (κ2) is 7.44. The number of allylic oxidation sites excluding steroid dienone is 1. The van der Waals surface area contributed by atoms with Gasteiger partial charge in [0.1, 0.15) is 0 Å². The van der Waals surface area contributed by atoms with Crippen LogP contribution in [-0.2, 0) is 4.74 Å². The van der Waals surface area contributed by atoms with Gasteiger partial charge in [-0.25, -0.2) is 0 Å². The maximum atomic E-state index is 5.19. The standard InChI is InChI=1S/C9H20NO.ClH/c1-5-8-11-9-6-7-10(2,3)4;/h5,8H,6-7,9H2,1-4H3;1H/q+1;/p-1. The van der Waals surface area contributed by atoms with Crippen LogP contribution in [0, 0.1) is 0 Å². The van der Waals surface area contributed by atoms with Gasteiger partial charge in [0, 0.05) is 6.42 Å². The van der Waals surface area contributed by atoms with Crippen molar-refractivity contribution < 1.29 is 21.6 Å². The topological polar surface area (TPSA) is 9.23 Å². The Hall–Kier alpha value is -0.210. The summed E-state index contributed by atoms with van der Waals surface area (Å²) in [4.78, 5) is 0. The van der Waals surface area contributed by atoms with Crippen molar-refractivity contribution in [2.45, 2.75) is 13.3 Å². The maximum absolute atomic E-state index is 5.19. The minimum absolute atomic E-state index is 0. The molecule has 0 heterocycles. The molecule has 0 aromatic rings. The molecule has 0 aliphatic rings. The smallest absolute Gasteiger partial charge is 0.0926 e. The first-order chi connectivity index (χ1) is 5.06. The molecule has 0 N–H and O–H groups in total. The molecule has 0 saturated carbocycles. The Bertz CT molecular complexity index is 118. The number of halogens is 1. The van der Waals surface area contributed by atoms with Gasteiger partial charge >= 0.3 is 0 Å². The number of rotatable bonds is 5. The lowest BCUT2D eigenvalue weighted by molar-refractivity contribution is -0.870. The molecule has 2 nitrogen and oxygen atoms in total. The Morgan fingerprint density at radius 1 is 1.25 bits per heavy atom. The zero-order valence-electron chi connectivity index (χ0n) is 8.51. The van der Waals surface area contributed by atoms with Crippen molar-refractivity contribution >= 4 is 0 Å². The lowest BCUT2D eigenvalue weighted by Crippen LogP contribution is -3.00. The Labute approximate surface area is 82.2 Å². The predicted molar refractivity (Wildman–Crippen MR) is 48.3 cm³/mol. The molecule has 74 valence electrons. The van der Waals surface area contributed by atoms with Gasteiger partial charge in [-0.3, -0.25) is 0 Å². The normalized spacial score (nSPS) is 11.3. The van der Waals surface area contributed by atoms with Crippen LogP contribution in [0.5, 0.6) is 0 Å². The number of ether oxygens (including phenoxy) is 1. The van der Waals surface area contributed by atoms with Crippen LogP contribution in [0.15, 0.2) is 12.3 Å². The van der Waals surface area contributed by atoms with Gasteiger partial charge in [-0.05, 0) is 6.92 Å². The van der Waals surface area contributed by atoms with Crippen molar-refractivity contribution in [1.82, 2.24) is 0 Å². The minimum atomic E-state index is 0. The highest BCUT2D eigenvalue weighted by Crippen LogP contribution is 1.93. The summed E-state index contributed by atoms with van der Waals surface area (Å²) >= 11 is 0. The molecule has 0 bridgehead atoms. The molecule has 0 rings (SSSR count). The largest absolute Gasteiger partial charge is 1.00 e. The van der Waals surface area contributed by atoms with E-state index in [0.717, 1.165) is 24.1 Å². The van der Waals surface area contributed by atoms with E-state index in [1.54, 1.807) is 6.26 Å². The van der Waals surface area contributed by atoms with E-state index in [1.807, 2.05) is 13.0 Å². The van der Waals surface area contributed by atoms with Crippen LogP contribution in [0.2, 0.25) is 0 Å². The van der Waals surface area contributed by atoms with Crippen LogP contribution in [0.3, 0.4) is 0 Å². The molecule has 0 aromatic carbocycles.